The summed E-state index contributed by atoms with van der Waals surface area (Å²) >= 11 is 0. The van der Waals surface area contributed by atoms with Crippen molar-refractivity contribution in [1.29, 1.82) is 0 Å². The number of benzene rings is 2. The van der Waals surface area contributed by atoms with Gasteiger partial charge in [-0.05, 0) is 29.7 Å². The Morgan fingerprint density at radius 1 is 1.11 bits per heavy atom. The molecule has 1 aromatic heterocycles. The Bertz CT molecular complexity index is 891. The molecule has 0 amide bonds. The number of anilines is 1. The molecule has 0 bridgehead atoms. The number of fused-ring (bicyclic) bond motifs is 1. The zero-order valence-electron chi connectivity index (χ0n) is 14.1. The number of H-pyrrole nitrogens is 1. The third-order valence-corrected chi connectivity index (χ3v) is 3.62. The molecular weight excluding hydrogens is 472 g/mol. The summed E-state index contributed by atoms with van der Waals surface area (Å²) < 4.78 is 41.2. The van der Waals surface area contributed by atoms with E-state index in [1.54, 1.807) is 6.07 Å². The topological polar surface area (TPSA) is 75.4 Å². The Morgan fingerprint density at radius 3 is 2.56 bits per heavy atom. The van der Waals surface area contributed by atoms with Crippen LogP contribution in [-0.4, -0.2) is 23.9 Å². The molecule has 0 spiro atoms. The van der Waals surface area contributed by atoms with Crippen molar-refractivity contribution in [3.8, 4) is 5.75 Å². The molecule has 27 heavy (non-hydrogen) atoms. The number of para-hydroxylation sites is 3. The van der Waals surface area contributed by atoms with Gasteiger partial charge in [-0.25, -0.2) is 0 Å². The maximum atomic E-state index is 12.4. The Kier molecular flexibility index (Phi) is 6.94. The average Bonchev–Trinajstić information content (AvgIpc) is 2.98. The number of nitrogens with zero attached hydrogens (tertiary/aromatic N) is 1. The first-order valence-corrected chi connectivity index (χ1v) is 7.89. The van der Waals surface area contributed by atoms with E-state index in [2.05, 4.69) is 20.0 Å². The Morgan fingerprint density at radius 2 is 1.81 bits per heavy atom. The van der Waals surface area contributed by atoms with E-state index in [0.717, 1.165) is 16.6 Å². The summed E-state index contributed by atoms with van der Waals surface area (Å²) in [6, 6.07) is 15.6. The fourth-order valence-corrected chi connectivity index (χ4v) is 2.53. The summed E-state index contributed by atoms with van der Waals surface area (Å²) in [5.74, 6) is -0.354. The number of aliphatic imine (C=N–C) groups is 1. The number of rotatable bonds is 5. The molecule has 0 saturated heterocycles. The SMILES string of the molecule is I.NC(=NCCc1cc2ccccc2[nH]1)Nc1ccccc1OC(F)(F)F. The Hall–Kier alpha value is -2.43. The van der Waals surface area contributed by atoms with Crippen molar-refractivity contribution < 1.29 is 17.9 Å². The Balaban J connectivity index is 0.00000261. The molecule has 144 valence electrons. The number of guanidine groups is 1. The van der Waals surface area contributed by atoms with Crippen LogP contribution in [0.1, 0.15) is 5.69 Å². The summed E-state index contributed by atoms with van der Waals surface area (Å²) in [6.45, 7) is 0.383. The first-order chi connectivity index (χ1) is 12.4. The number of aromatic amines is 1. The van der Waals surface area contributed by atoms with E-state index in [1.165, 1.54) is 18.2 Å². The molecule has 3 rings (SSSR count). The molecule has 0 atom stereocenters. The molecule has 3 aromatic rings. The van der Waals surface area contributed by atoms with Crippen LogP contribution in [0.5, 0.6) is 5.75 Å². The maximum Gasteiger partial charge on any atom is 0.573 e. The fourth-order valence-electron chi connectivity index (χ4n) is 2.53. The largest absolute Gasteiger partial charge is 0.573 e. The molecular formula is C18H18F3IN4O. The number of halogens is 4. The molecule has 0 radical (unpaired) electrons. The van der Waals surface area contributed by atoms with Crippen LogP contribution in [0.3, 0.4) is 0 Å². The molecule has 9 heteroatoms. The van der Waals surface area contributed by atoms with E-state index >= 15 is 0 Å². The molecule has 5 nitrogen and oxygen atoms in total. The van der Waals surface area contributed by atoms with Gasteiger partial charge in [-0.15, -0.1) is 37.1 Å². The fraction of sp³-hybridized carbons (Fsp3) is 0.167. The van der Waals surface area contributed by atoms with Crippen LogP contribution in [-0.2, 0) is 6.42 Å². The molecule has 0 aliphatic carbocycles. The number of hydrogen-bond acceptors (Lipinski definition) is 2. The number of nitrogens with one attached hydrogen (secondary N) is 2. The third-order valence-electron chi connectivity index (χ3n) is 3.62. The lowest BCUT2D eigenvalue weighted by molar-refractivity contribution is -0.274. The summed E-state index contributed by atoms with van der Waals surface area (Å²) in [5.41, 5.74) is 7.90. The summed E-state index contributed by atoms with van der Waals surface area (Å²) in [6.07, 6.45) is -4.16. The van der Waals surface area contributed by atoms with Gasteiger partial charge in [0.2, 0.25) is 0 Å². The van der Waals surface area contributed by atoms with Crippen molar-refractivity contribution in [2.24, 2.45) is 10.7 Å². The predicted molar refractivity (Wildman–Crippen MR) is 111 cm³/mol. The van der Waals surface area contributed by atoms with Gasteiger partial charge in [0.25, 0.3) is 0 Å². The maximum absolute atomic E-state index is 12.4. The number of nitrogens with two attached hydrogens (primary N) is 1. The van der Waals surface area contributed by atoms with Gasteiger partial charge in [0.15, 0.2) is 11.7 Å². The van der Waals surface area contributed by atoms with Gasteiger partial charge in [-0.1, -0.05) is 30.3 Å². The second-order valence-electron chi connectivity index (χ2n) is 5.57. The van der Waals surface area contributed by atoms with Crippen molar-refractivity contribution >= 4 is 46.5 Å². The van der Waals surface area contributed by atoms with Gasteiger partial charge in [0, 0.05) is 24.2 Å². The monoisotopic (exact) mass is 490 g/mol. The standard InChI is InChI=1S/C18H17F3N4O.HI/c19-18(20,21)26-16-8-4-3-7-15(16)25-17(22)23-10-9-13-11-12-5-1-2-6-14(12)24-13;/h1-8,11,24H,9-10H2,(H3,22,23,25);1H. The zero-order valence-corrected chi connectivity index (χ0v) is 16.4. The molecule has 2 aromatic carbocycles. The quantitative estimate of drug-likeness (QED) is 0.277. The summed E-state index contributed by atoms with van der Waals surface area (Å²) in [5, 5.41) is 3.75. The van der Waals surface area contributed by atoms with E-state index in [0.29, 0.717) is 13.0 Å². The lowest BCUT2D eigenvalue weighted by atomic mass is 10.2. The number of hydrogen-bond donors (Lipinski definition) is 3. The van der Waals surface area contributed by atoms with Crippen LogP contribution in [0.4, 0.5) is 18.9 Å². The lowest BCUT2D eigenvalue weighted by Crippen LogP contribution is -2.24. The number of alkyl halides is 3. The molecule has 0 aliphatic rings. The van der Waals surface area contributed by atoms with E-state index in [-0.39, 0.29) is 41.4 Å². The normalized spacial score (nSPS) is 11.9. The van der Waals surface area contributed by atoms with Gasteiger partial charge >= 0.3 is 6.36 Å². The minimum absolute atomic E-state index is 0. The highest BCUT2D eigenvalue weighted by Crippen LogP contribution is 2.29. The smallest absolute Gasteiger partial charge is 0.404 e. The van der Waals surface area contributed by atoms with Gasteiger partial charge in [0.1, 0.15) is 0 Å². The lowest BCUT2D eigenvalue weighted by Gasteiger charge is -2.14. The molecule has 0 fully saturated rings. The predicted octanol–water partition coefficient (Wildman–Crippen LogP) is 4.65. The van der Waals surface area contributed by atoms with Crippen molar-refractivity contribution in [2.75, 3.05) is 11.9 Å². The highest BCUT2D eigenvalue weighted by Gasteiger charge is 2.32. The summed E-state index contributed by atoms with van der Waals surface area (Å²) in [4.78, 5) is 7.43. The average molecular weight is 490 g/mol. The third kappa shape index (κ3) is 6.05. The van der Waals surface area contributed by atoms with Gasteiger partial charge in [-0.2, -0.15) is 0 Å². The van der Waals surface area contributed by atoms with Crippen molar-refractivity contribution in [2.45, 2.75) is 12.8 Å². The van der Waals surface area contributed by atoms with E-state index in [9.17, 15) is 13.2 Å². The number of aromatic nitrogens is 1. The second-order valence-corrected chi connectivity index (χ2v) is 5.57. The highest BCUT2D eigenvalue weighted by atomic mass is 127. The first-order valence-electron chi connectivity index (χ1n) is 7.89. The molecule has 4 N–H and O–H groups in total. The molecule has 1 heterocycles. The van der Waals surface area contributed by atoms with Crippen LogP contribution >= 0.6 is 24.0 Å². The van der Waals surface area contributed by atoms with Crippen LogP contribution in [0.2, 0.25) is 0 Å². The van der Waals surface area contributed by atoms with E-state index in [4.69, 9.17) is 5.73 Å². The summed E-state index contributed by atoms with van der Waals surface area (Å²) in [7, 11) is 0. The van der Waals surface area contributed by atoms with Crippen LogP contribution in [0.15, 0.2) is 59.6 Å². The minimum atomic E-state index is -4.78. The van der Waals surface area contributed by atoms with Crippen LogP contribution in [0, 0.1) is 0 Å². The van der Waals surface area contributed by atoms with Gasteiger partial charge in [-0.3, -0.25) is 4.99 Å². The first kappa shape index (κ1) is 20.9. The molecule has 0 saturated carbocycles. The van der Waals surface area contributed by atoms with Crippen molar-refractivity contribution in [3.63, 3.8) is 0 Å². The number of ether oxygens (including phenoxy) is 1. The van der Waals surface area contributed by atoms with Crippen LogP contribution < -0.4 is 15.8 Å². The van der Waals surface area contributed by atoms with Gasteiger partial charge in [0.05, 0.1) is 5.69 Å². The van der Waals surface area contributed by atoms with Crippen molar-refractivity contribution in [3.05, 3.63) is 60.3 Å². The van der Waals surface area contributed by atoms with Crippen molar-refractivity contribution in [1.82, 2.24) is 4.98 Å². The highest BCUT2D eigenvalue weighted by molar-refractivity contribution is 14.0. The minimum Gasteiger partial charge on any atom is -0.404 e. The van der Waals surface area contributed by atoms with E-state index in [1.807, 2.05) is 30.3 Å². The second kappa shape index (κ2) is 8.98. The molecule has 0 aliphatic heterocycles. The van der Waals surface area contributed by atoms with E-state index < -0.39 is 6.36 Å². The van der Waals surface area contributed by atoms with Gasteiger partial charge < -0.3 is 20.8 Å². The molecule has 0 unspecified atom stereocenters. The Labute approximate surface area is 170 Å². The zero-order chi connectivity index (χ0) is 18.6. The van der Waals surface area contributed by atoms with Crippen LogP contribution in [0.25, 0.3) is 10.9 Å².